The number of carbonyl (C=O) groups excluding carboxylic acids is 3. The number of likely N-dealkylation sites (N-methyl/N-ethyl adjacent to an activating group) is 1. The minimum atomic E-state index is -0.523. The monoisotopic (exact) mass is 332 g/mol. The molecule has 24 heavy (non-hydrogen) atoms. The van der Waals surface area contributed by atoms with Gasteiger partial charge >= 0.3 is 0 Å². The number of hydrogen-bond donors (Lipinski definition) is 3. The summed E-state index contributed by atoms with van der Waals surface area (Å²) in [5.41, 5.74) is 2.28. The van der Waals surface area contributed by atoms with Crippen molar-refractivity contribution in [2.75, 3.05) is 26.7 Å². The maximum absolute atomic E-state index is 12.2. The molecule has 0 saturated carbocycles. The molecule has 1 fully saturated rings. The summed E-state index contributed by atoms with van der Waals surface area (Å²) in [6.07, 6.45) is 0.0364. The van der Waals surface area contributed by atoms with Crippen LogP contribution in [0.5, 0.6) is 0 Å². The summed E-state index contributed by atoms with van der Waals surface area (Å²) in [6.45, 7) is 3.81. The number of piperazine rings is 1. The van der Waals surface area contributed by atoms with Gasteiger partial charge in [-0.25, -0.2) is 0 Å². The maximum Gasteiger partial charge on any atom is 0.239 e. The molecule has 0 radical (unpaired) electrons. The van der Waals surface area contributed by atoms with Gasteiger partial charge in [0.1, 0.15) is 0 Å². The first-order valence-electron chi connectivity index (χ1n) is 8.04. The van der Waals surface area contributed by atoms with Gasteiger partial charge in [-0.3, -0.25) is 19.3 Å². The van der Waals surface area contributed by atoms with Crippen LogP contribution < -0.4 is 16.0 Å². The average molecular weight is 332 g/mol. The number of nitrogens with zero attached hydrogens (tertiary/aromatic N) is 1. The third-order valence-electron chi connectivity index (χ3n) is 4.05. The molecular weight excluding hydrogens is 308 g/mol. The topological polar surface area (TPSA) is 90.5 Å². The second kappa shape index (κ2) is 8.44. The molecule has 1 aliphatic rings. The molecule has 1 aromatic rings. The molecule has 1 aliphatic heterocycles. The van der Waals surface area contributed by atoms with Crippen molar-refractivity contribution >= 4 is 17.7 Å². The van der Waals surface area contributed by atoms with E-state index in [4.69, 9.17) is 0 Å². The highest BCUT2D eigenvalue weighted by Crippen LogP contribution is 2.14. The molecular formula is C17H24N4O3. The van der Waals surface area contributed by atoms with Crippen molar-refractivity contribution < 1.29 is 14.4 Å². The molecule has 3 amide bonds. The number of carbonyl (C=O) groups is 3. The summed E-state index contributed by atoms with van der Waals surface area (Å²) in [4.78, 5) is 37.4. The molecule has 1 heterocycles. The van der Waals surface area contributed by atoms with Gasteiger partial charge in [0, 0.05) is 26.7 Å². The molecule has 0 unspecified atom stereocenters. The van der Waals surface area contributed by atoms with E-state index in [9.17, 15) is 14.4 Å². The largest absolute Gasteiger partial charge is 0.358 e. The molecule has 2 rings (SSSR count). The predicted octanol–water partition coefficient (Wildman–Crippen LogP) is -0.452. The van der Waals surface area contributed by atoms with E-state index in [0.717, 1.165) is 5.56 Å². The van der Waals surface area contributed by atoms with E-state index in [1.807, 2.05) is 36.1 Å². The Morgan fingerprint density at radius 3 is 2.62 bits per heavy atom. The number of benzene rings is 1. The van der Waals surface area contributed by atoms with Crippen molar-refractivity contribution in [1.82, 2.24) is 20.9 Å². The normalized spacial score (nSPS) is 17.9. The molecule has 0 aromatic heterocycles. The Labute approximate surface area is 141 Å². The molecule has 0 bridgehead atoms. The smallest absolute Gasteiger partial charge is 0.239 e. The molecule has 1 aromatic carbocycles. The van der Waals surface area contributed by atoms with Crippen LogP contribution in [0.1, 0.15) is 17.5 Å². The van der Waals surface area contributed by atoms with Crippen molar-refractivity contribution in [3.05, 3.63) is 35.4 Å². The van der Waals surface area contributed by atoms with E-state index in [1.54, 1.807) is 0 Å². The van der Waals surface area contributed by atoms with Gasteiger partial charge in [0.2, 0.25) is 17.7 Å². The van der Waals surface area contributed by atoms with Gasteiger partial charge in [0.15, 0.2) is 0 Å². The number of aryl methyl sites for hydroxylation is 1. The minimum absolute atomic E-state index is 0.0364. The highest BCUT2D eigenvalue weighted by Gasteiger charge is 2.31. The molecule has 0 spiro atoms. The summed E-state index contributed by atoms with van der Waals surface area (Å²) in [5, 5.41) is 7.77. The SMILES string of the molecule is CNC(=O)CNC(=O)C[C@@H]1C(=O)NCCN1Cc1ccc(C)cc1. The molecule has 130 valence electrons. The van der Waals surface area contributed by atoms with Gasteiger partial charge in [-0.05, 0) is 12.5 Å². The van der Waals surface area contributed by atoms with Gasteiger partial charge < -0.3 is 16.0 Å². The van der Waals surface area contributed by atoms with Crippen LogP contribution in [0, 0.1) is 6.92 Å². The maximum atomic E-state index is 12.2. The van der Waals surface area contributed by atoms with E-state index in [0.29, 0.717) is 19.6 Å². The van der Waals surface area contributed by atoms with Crippen molar-refractivity contribution in [3.8, 4) is 0 Å². The van der Waals surface area contributed by atoms with Crippen molar-refractivity contribution in [2.45, 2.75) is 25.9 Å². The lowest BCUT2D eigenvalue weighted by atomic mass is 10.1. The second-order valence-corrected chi connectivity index (χ2v) is 5.92. The van der Waals surface area contributed by atoms with E-state index < -0.39 is 6.04 Å². The first-order chi connectivity index (χ1) is 11.5. The first-order valence-corrected chi connectivity index (χ1v) is 8.04. The van der Waals surface area contributed by atoms with E-state index in [-0.39, 0.29) is 30.7 Å². The van der Waals surface area contributed by atoms with Gasteiger partial charge in [-0.1, -0.05) is 29.8 Å². The number of rotatable bonds is 6. The van der Waals surface area contributed by atoms with Crippen LogP contribution in [0.25, 0.3) is 0 Å². The van der Waals surface area contributed by atoms with E-state index >= 15 is 0 Å². The zero-order valence-electron chi connectivity index (χ0n) is 14.1. The van der Waals surface area contributed by atoms with Crippen LogP contribution in [0.4, 0.5) is 0 Å². The van der Waals surface area contributed by atoms with Crippen LogP contribution in [0.3, 0.4) is 0 Å². The fraction of sp³-hybridized carbons (Fsp3) is 0.471. The van der Waals surface area contributed by atoms with Crippen molar-refractivity contribution in [1.29, 1.82) is 0 Å². The Morgan fingerprint density at radius 2 is 1.96 bits per heavy atom. The number of amides is 3. The summed E-state index contributed by atoms with van der Waals surface area (Å²) in [7, 11) is 1.51. The summed E-state index contributed by atoms with van der Waals surface area (Å²) < 4.78 is 0. The molecule has 0 aliphatic carbocycles. The zero-order chi connectivity index (χ0) is 17.5. The summed E-state index contributed by atoms with van der Waals surface area (Å²) >= 11 is 0. The van der Waals surface area contributed by atoms with Crippen molar-refractivity contribution in [2.24, 2.45) is 0 Å². The molecule has 7 nitrogen and oxygen atoms in total. The van der Waals surface area contributed by atoms with Crippen LogP contribution >= 0.6 is 0 Å². The van der Waals surface area contributed by atoms with Gasteiger partial charge in [-0.2, -0.15) is 0 Å². The van der Waals surface area contributed by atoms with E-state index in [1.165, 1.54) is 12.6 Å². The lowest BCUT2D eigenvalue weighted by molar-refractivity contribution is -0.134. The van der Waals surface area contributed by atoms with Gasteiger partial charge in [0.25, 0.3) is 0 Å². The third kappa shape index (κ3) is 5.06. The lowest BCUT2D eigenvalue weighted by Crippen LogP contribution is -2.56. The standard InChI is InChI=1S/C17H24N4O3/c1-12-3-5-13(6-4-12)11-21-8-7-19-17(24)14(21)9-15(22)20-10-16(23)18-2/h3-6,14H,7-11H2,1-2H3,(H,18,23)(H,19,24)(H,20,22)/t14-/m1/s1. The second-order valence-electron chi connectivity index (χ2n) is 5.92. The van der Waals surface area contributed by atoms with Crippen LogP contribution in [0.15, 0.2) is 24.3 Å². The lowest BCUT2D eigenvalue weighted by Gasteiger charge is -2.34. The van der Waals surface area contributed by atoms with Crippen LogP contribution in [-0.4, -0.2) is 55.3 Å². The first kappa shape index (κ1) is 17.9. The predicted molar refractivity (Wildman–Crippen MR) is 90.1 cm³/mol. The highest BCUT2D eigenvalue weighted by atomic mass is 16.2. The fourth-order valence-electron chi connectivity index (χ4n) is 2.62. The minimum Gasteiger partial charge on any atom is -0.358 e. The van der Waals surface area contributed by atoms with Gasteiger partial charge in [0.05, 0.1) is 19.0 Å². The van der Waals surface area contributed by atoms with Gasteiger partial charge in [-0.15, -0.1) is 0 Å². The Kier molecular flexibility index (Phi) is 6.31. The zero-order valence-corrected chi connectivity index (χ0v) is 14.1. The summed E-state index contributed by atoms with van der Waals surface area (Å²) in [6, 6.07) is 7.61. The number of hydrogen-bond acceptors (Lipinski definition) is 4. The Bertz CT molecular complexity index is 600. The van der Waals surface area contributed by atoms with Crippen LogP contribution in [0.2, 0.25) is 0 Å². The number of nitrogens with one attached hydrogen (secondary N) is 3. The average Bonchev–Trinajstić information content (AvgIpc) is 2.57. The summed E-state index contributed by atoms with van der Waals surface area (Å²) in [5.74, 6) is -0.731. The fourth-order valence-corrected chi connectivity index (χ4v) is 2.62. The van der Waals surface area contributed by atoms with Crippen molar-refractivity contribution in [3.63, 3.8) is 0 Å². The Morgan fingerprint density at radius 1 is 1.25 bits per heavy atom. The molecule has 1 atom stereocenters. The highest BCUT2D eigenvalue weighted by molar-refractivity contribution is 5.90. The molecule has 7 heteroatoms. The molecule has 3 N–H and O–H groups in total. The quantitative estimate of drug-likeness (QED) is 0.658. The van der Waals surface area contributed by atoms with Crippen LogP contribution in [-0.2, 0) is 20.9 Å². The Hall–Kier alpha value is -2.41. The Balaban J connectivity index is 1.97. The van der Waals surface area contributed by atoms with E-state index in [2.05, 4.69) is 16.0 Å². The third-order valence-corrected chi connectivity index (χ3v) is 4.05. The molecule has 1 saturated heterocycles.